The van der Waals surface area contributed by atoms with Gasteiger partial charge in [-0.05, 0) is 49.4 Å². The number of benzene rings is 2. The summed E-state index contributed by atoms with van der Waals surface area (Å²) in [6, 6.07) is 23.4. The van der Waals surface area contributed by atoms with Gasteiger partial charge in [0.1, 0.15) is 5.69 Å². The van der Waals surface area contributed by atoms with Gasteiger partial charge >= 0.3 is 0 Å². The standard InChI is InChI=1S/C30H21N7O.C3H8/c1-3-23-10-5-11-24(35-23)18(2)34-30(38)28-29(32)37-27(21-8-4-7-19(15-21)17-31)26(36-28)22-12-13-25-20(16-22)9-6-14-33-25;1-3-2/h1,4-16,18H,2H3,(H2,32,37)(H,34,38);3H2,1-2H3. The van der Waals surface area contributed by atoms with Crippen molar-refractivity contribution in [3.63, 3.8) is 0 Å². The van der Waals surface area contributed by atoms with E-state index in [4.69, 9.17) is 17.1 Å². The number of terminal acetylenes is 1. The third kappa shape index (κ3) is 6.52. The fourth-order valence-corrected chi connectivity index (χ4v) is 4.09. The van der Waals surface area contributed by atoms with Crippen LogP contribution in [-0.4, -0.2) is 25.8 Å². The molecule has 1 atom stereocenters. The van der Waals surface area contributed by atoms with Crippen LogP contribution < -0.4 is 11.1 Å². The summed E-state index contributed by atoms with van der Waals surface area (Å²) in [5.74, 6) is 1.95. The summed E-state index contributed by atoms with van der Waals surface area (Å²) in [6.45, 7) is 6.04. The van der Waals surface area contributed by atoms with E-state index in [-0.39, 0.29) is 11.5 Å². The van der Waals surface area contributed by atoms with E-state index in [0.717, 1.165) is 16.5 Å². The molecule has 0 aliphatic heterocycles. The number of rotatable bonds is 5. The minimum absolute atomic E-state index is 0.0218. The Labute approximate surface area is 239 Å². The molecule has 2 aromatic carbocycles. The van der Waals surface area contributed by atoms with E-state index in [2.05, 4.69) is 46.1 Å². The minimum Gasteiger partial charge on any atom is -0.382 e. The molecule has 0 spiro atoms. The number of hydrogen-bond acceptors (Lipinski definition) is 7. The lowest BCUT2D eigenvalue weighted by atomic mass is 10.0. The van der Waals surface area contributed by atoms with Gasteiger partial charge in [0, 0.05) is 22.7 Å². The second kappa shape index (κ2) is 13.0. The number of nitrogens with two attached hydrogens (primary N) is 1. The number of fused-ring (bicyclic) bond motifs is 1. The Balaban J connectivity index is 0.00000124. The number of carbonyl (C=O) groups excluding carboxylic acids is 1. The summed E-state index contributed by atoms with van der Waals surface area (Å²) in [7, 11) is 0. The summed E-state index contributed by atoms with van der Waals surface area (Å²) < 4.78 is 0. The van der Waals surface area contributed by atoms with Gasteiger partial charge < -0.3 is 11.1 Å². The van der Waals surface area contributed by atoms with Crippen molar-refractivity contribution in [2.24, 2.45) is 0 Å². The average Bonchev–Trinajstić information content (AvgIpc) is 3.01. The molecule has 5 aromatic rings. The second-order valence-electron chi connectivity index (χ2n) is 9.25. The molecule has 8 nitrogen and oxygen atoms in total. The van der Waals surface area contributed by atoms with E-state index in [0.29, 0.717) is 33.9 Å². The Bertz CT molecular complexity index is 1800. The zero-order valence-corrected chi connectivity index (χ0v) is 23.1. The highest BCUT2D eigenvalue weighted by Gasteiger charge is 2.22. The van der Waals surface area contributed by atoms with Crippen LogP contribution in [0.2, 0.25) is 0 Å². The number of nitriles is 1. The molecule has 5 rings (SSSR count). The molecule has 0 saturated carbocycles. The van der Waals surface area contributed by atoms with Gasteiger partial charge in [0.15, 0.2) is 11.5 Å². The molecule has 0 aliphatic rings. The molecule has 1 amide bonds. The van der Waals surface area contributed by atoms with Gasteiger partial charge in [0.25, 0.3) is 5.91 Å². The largest absolute Gasteiger partial charge is 0.382 e. The molecule has 41 heavy (non-hydrogen) atoms. The molecular weight excluding hydrogens is 510 g/mol. The van der Waals surface area contributed by atoms with E-state index in [1.807, 2.05) is 36.4 Å². The quantitative estimate of drug-likeness (QED) is 0.258. The summed E-state index contributed by atoms with van der Waals surface area (Å²) in [6.07, 6.45) is 8.44. The van der Waals surface area contributed by atoms with Crippen molar-refractivity contribution in [1.29, 1.82) is 5.26 Å². The highest BCUT2D eigenvalue weighted by Crippen LogP contribution is 2.33. The lowest BCUT2D eigenvalue weighted by Crippen LogP contribution is -2.29. The fourth-order valence-electron chi connectivity index (χ4n) is 4.09. The first kappa shape index (κ1) is 28.4. The topological polar surface area (TPSA) is 130 Å². The van der Waals surface area contributed by atoms with Crippen molar-refractivity contribution in [2.45, 2.75) is 33.2 Å². The molecular formula is C33H29N7O. The Morgan fingerprint density at radius 3 is 2.46 bits per heavy atom. The summed E-state index contributed by atoms with van der Waals surface area (Å²) in [5.41, 5.74) is 10.9. The predicted octanol–water partition coefficient (Wildman–Crippen LogP) is 6.10. The Morgan fingerprint density at radius 2 is 1.71 bits per heavy atom. The van der Waals surface area contributed by atoms with Crippen LogP contribution in [0.15, 0.2) is 79.0 Å². The van der Waals surface area contributed by atoms with Gasteiger partial charge in [-0.25, -0.2) is 15.0 Å². The third-order valence-electron chi connectivity index (χ3n) is 5.99. The van der Waals surface area contributed by atoms with Crippen molar-refractivity contribution in [3.05, 3.63) is 102 Å². The number of aromatic nitrogens is 4. The molecule has 0 aliphatic carbocycles. The molecule has 1 unspecified atom stereocenters. The van der Waals surface area contributed by atoms with Crippen LogP contribution in [0.4, 0.5) is 5.82 Å². The Kier molecular flexibility index (Phi) is 8.99. The summed E-state index contributed by atoms with van der Waals surface area (Å²) in [4.78, 5) is 31.4. The number of carbonyl (C=O) groups is 1. The maximum Gasteiger partial charge on any atom is 0.274 e. The first-order chi connectivity index (χ1) is 19.9. The summed E-state index contributed by atoms with van der Waals surface area (Å²) >= 11 is 0. The molecule has 0 bridgehead atoms. The lowest BCUT2D eigenvalue weighted by molar-refractivity contribution is 0.0935. The van der Waals surface area contributed by atoms with Gasteiger partial charge in [-0.2, -0.15) is 5.26 Å². The maximum absolute atomic E-state index is 13.3. The number of pyridine rings is 2. The van der Waals surface area contributed by atoms with Crippen LogP contribution >= 0.6 is 0 Å². The monoisotopic (exact) mass is 539 g/mol. The van der Waals surface area contributed by atoms with Crippen molar-refractivity contribution >= 4 is 22.6 Å². The molecule has 3 aromatic heterocycles. The van der Waals surface area contributed by atoms with Crippen molar-refractivity contribution in [1.82, 2.24) is 25.3 Å². The Hall–Kier alpha value is -5.60. The zero-order valence-electron chi connectivity index (χ0n) is 23.1. The summed E-state index contributed by atoms with van der Waals surface area (Å²) in [5, 5.41) is 13.2. The Morgan fingerprint density at radius 1 is 0.976 bits per heavy atom. The fraction of sp³-hybridized carbons (Fsp3) is 0.152. The molecule has 0 fully saturated rings. The van der Waals surface area contributed by atoms with Gasteiger partial charge in [-0.1, -0.05) is 56.5 Å². The third-order valence-corrected chi connectivity index (χ3v) is 5.99. The number of anilines is 1. The van der Waals surface area contributed by atoms with Crippen LogP contribution in [0.25, 0.3) is 33.4 Å². The number of hydrogen-bond donors (Lipinski definition) is 2. The molecule has 3 heterocycles. The molecule has 202 valence electrons. The normalized spacial score (nSPS) is 11.0. The first-order valence-electron chi connectivity index (χ1n) is 13.2. The van der Waals surface area contributed by atoms with Gasteiger partial charge in [0.2, 0.25) is 0 Å². The van der Waals surface area contributed by atoms with E-state index in [1.54, 1.807) is 49.5 Å². The molecule has 0 radical (unpaired) electrons. The maximum atomic E-state index is 13.3. The van der Waals surface area contributed by atoms with Crippen LogP contribution in [0, 0.1) is 23.7 Å². The lowest BCUT2D eigenvalue weighted by Gasteiger charge is -2.16. The van der Waals surface area contributed by atoms with Crippen molar-refractivity contribution in [3.8, 4) is 40.9 Å². The van der Waals surface area contributed by atoms with Crippen LogP contribution in [-0.2, 0) is 0 Å². The SMILES string of the molecule is C#Cc1cccc(C(C)NC(=O)c2nc(-c3ccc4ncccc4c3)c(-c3cccc(C#N)c3)nc2N)n1.CCC. The van der Waals surface area contributed by atoms with Crippen LogP contribution in [0.1, 0.15) is 60.7 Å². The van der Waals surface area contributed by atoms with Gasteiger partial charge in [0.05, 0.1) is 40.3 Å². The predicted molar refractivity (Wildman–Crippen MR) is 161 cm³/mol. The van der Waals surface area contributed by atoms with E-state index in [9.17, 15) is 10.1 Å². The van der Waals surface area contributed by atoms with Crippen LogP contribution in [0.5, 0.6) is 0 Å². The number of nitrogen functional groups attached to an aromatic ring is 1. The zero-order chi connectivity index (χ0) is 29.4. The first-order valence-corrected chi connectivity index (χ1v) is 13.2. The van der Waals surface area contributed by atoms with E-state index in [1.165, 1.54) is 6.42 Å². The van der Waals surface area contributed by atoms with Crippen LogP contribution in [0.3, 0.4) is 0 Å². The van der Waals surface area contributed by atoms with Gasteiger partial charge in [-0.15, -0.1) is 6.42 Å². The molecule has 3 N–H and O–H groups in total. The van der Waals surface area contributed by atoms with Gasteiger partial charge in [-0.3, -0.25) is 9.78 Å². The highest BCUT2D eigenvalue weighted by molar-refractivity contribution is 5.98. The number of nitrogens with one attached hydrogen (secondary N) is 1. The van der Waals surface area contributed by atoms with Crippen molar-refractivity contribution < 1.29 is 4.79 Å². The highest BCUT2D eigenvalue weighted by atomic mass is 16.2. The second-order valence-corrected chi connectivity index (χ2v) is 9.25. The average molecular weight is 540 g/mol. The van der Waals surface area contributed by atoms with Crippen molar-refractivity contribution in [2.75, 3.05) is 5.73 Å². The molecule has 8 heteroatoms. The smallest absolute Gasteiger partial charge is 0.274 e. The minimum atomic E-state index is -0.503. The number of nitrogens with zero attached hydrogens (tertiary/aromatic N) is 5. The number of amides is 1. The molecule has 0 saturated heterocycles. The van der Waals surface area contributed by atoms with E-state index >= 15 is 0 Å². The van der Waals surface area contributed by atoms with E-state index < -0.39 is 11.9 Å².